The van der Waals surface area contributed by atoms with Gasteiger partial charge in [-0.1, -0.05) is 13.3 Å². The number of halogens is 1. The number of rotatable bonds is 5. The highest BCUT2D eigenvalue weighted by molar-refractivity contribution is 5.97. The molecule has 2 aromatic rings. The van der Waals surface area contributed by atoms with Crippen LogP contribution in [0.25, 0.3) is 10.9 Å². The van der Waals surface area contributed by atoms with Gasteiger partial charge < -0.3 is 5.32 Å². The third-order valence-electron chi connectivity index (χ3n) is 3.13. The summed E-state index contributed by atoms with van der Waals surface area (Å²) in [5, 5.41) is 14.4. The first kappa shape index (κ1) is 14.2. The molecule has 0 amide bonds. The first-order valence-electron chi connectivity index (χ1n) is 6.52. The second-order valence-electron chi connectivity index (χ2n) is 4.74. The zero-order chi connectivity index (χ0) is 14.7. The van der Waals surface area contributed by atoms with Gasteiger partial charge in [-0.15, -0.1) is 0 Å². The molecule has 0 saturated heterocycles. The van der Waals surface area contributed by atoms with Gasteiger partial charge in [-0.3, -0.25) is 15.1 Å². The molecule has 1 unspecified atom stereocenters. The van der Waals surface area contributed by atoms with E-state index in [4.69, 9.17) is 0 Å². The summed E-state index contributed by atoms with van der Waals surface area (Å²) < 4.78 is 14.1. The monoisotopic (exact) mass is 277 g/mol. The normalized spacial score (nSPS) is 12.3. The summed E-state index contributed by atoms with van der Waals surface area (Å²) in [6, 6.07) is 4.20. The molecular formula is C14H16FN3O2. The van der Waals surface area contributed by atoms with Crippen molar-refractivity contribution in [3.05, 3.63) is 40.3 Å². The zero-order valence-electron chi connectivity index (χ0n) is 11.4. The van der Waals surface area contributed by atoms with E-state index in [1.807, 2.05) is 13.8 Å². The summed E-state index contributed by atoms with van der Waals surface area (Å²) in [6.07, 6.45) is 3.35. The summed E-state index contributed by atoms with van der Waals surface area (Å²) in [4.78, 5) is 14.5. The molecule has 5 nitrogen and oxygen atoms in total. The summed E-state index contributed by atoms with van der Waals surface area (Å²) in [5.41, 5.74) is 0.258. The van der Waals surface area contributed by atoms with E-state index in [-0.39, 0.29) is 17.4 Å². The molecule has 0 spiro atoms. The van der Waals surface area contributed by atoms with Crippen molar-refractivity contribution in [2.75, 3.05) is 5.32 Å². The summed E-state index contributed by atoms with van der Waals surface area (Å²) in [7, 11) is 0. The first-order chi connectivity index (χ1) is 9.54. The average Bonchev–Trinajstić information content (AvgIpc) is 2.41. The minimum atomic E-state index is -0.647. The standard InChI is InChI=1S/C14H16FN3O2/c1-3-5-9(2)17-14-11(15)8-12(18(19)20)10-6-4-7-16-13(10)14/h4,6-9,17H,3,5H2,1-2H3. The van der Waals surface area contributed by atoms with Gasteiger partial charge in [-0.25, -0.2) is 4.39 Å². The van der Waals surface area contributed by atoms with E-state index in [2.05, 4.69) is 10.3 Å². The van der Waals surface area contributed by atoms with Crippen LogP contribution in [-0.2, 0) is 0 Å². The Labute approximate surface area is 116 Å². The number of pyridine rings is 1. The van der Waals surface area contributed by atoms with E-state index < -0.39 is 10.7 Å². The minimum absolute atomic E-state index is 0.0705. The molecule has 0 radical (unpaired) electrons. The van der Waals surface area contributed by atoms with Crippen LogP contribution in [0.15, 0.2) is 24.4 Å². The Hall–Kier alpha value is -2.24. The van der Waals surface area contributed by atoms with E-state index in [1.165, 1.54) is 6.20 Å². The van der Waals surface area contributed by atoms with Gasteiger partial charge >= 0.3 is 0 Å². The van der Waals surface area contributed by atoms with Crippen molar-refractivity contribution in [3.63, 3.8) is 0 Å². The Kier molecular flexibility index (Phi) is 4.12. The van der Waals surface area contributed by atoms with Crippen LogP contribution in [0.5, 0.6) is 0 Å². The molecule has 6 heteroatoms. The lowest BCUT2D eigenvalue weighted by molar-refractivity contribution is -0.383. The molecule has 2 rings (SSSR count). The van der Waals surface area contributed by atoms with Gasteiger partial charge in [0.2, 0.25) is 0 Å². The van der Waals surface area contributed by atoms with Gasteiger partial charge in [0.05, 0.1) is 22.1 Å². The Balaban J connectivity index is 2.58. The second-order valence-corrected chi connectivity index (χ2v) is 4.74. The van der Waals surface area contributed by atoms with E-state index >= 15 is 0 Å². The van der Waals surface area contributed by atoms with Crippen molar-refractivity contribution in [1.29, 1.82) is 0 Å². The number of nitro benzene ring substituents is 1. The number of aromatic nitrogens is 1. The van der Waals surface area contributed by atoms with Gasteiger partial charge in [0, 0.05) is 12.2 Å². The first-order valence-corrected chi connectivity index (χ1v) is 6.52. The van der Waals surface area contributed by atoms with Gasteiger partial charge in [0.25, 0.3) is 5.69 Å². The van der Waals surface area contributed by atoms with Crippen LogP contribution in [0.2, 0.25) is 0 Å². The van der Waals surface area contributed by atoms with Gasteiger partial charge in [0.15, 0.2) is 5.82 Å². The van der Waals surface area contributed by atoms with Crippen molar-refractivity contribution in [1.82, 2.24) is 4.98 Å². The SMILES string of the molecule is CCCC(C)Nc1c(F)cc([N+](=O)[O-])c2cccnc12. The Morgan fingerprint density at radius 3 is 2.95 bits per heavy atom. The van der Waals surface area contributed by atoms with Crippen LogP contribution < -0.4 is 5.32 Å². The highest BCUT2D eigenvalue weighted by Crippen LogP contribution is 2.33. The number of anilines is 1. The lowest BCUT2D eigenvalue weighted by Gasteiger charge is -2.16. The lowest BCUT2D eigenvalue weighted by Crippen LogP contribution is -2.16. The Morgan fingerprint density at radius 1 is 1.55 bits per heavy atom. The molecule has 106 valence electrons. The zero-order valence-corrected chi connectivity index (χ0v) is 11.4. The molecule has 0 saturated carbocycles. The van der Waals surface area contributed by atoms with Crippen molar-refractivity contribution in [3.8, 4) is 0 Å². The lowest BCUT2D eigenvalue weighted by atomic mass is 10.1. The quantitative estimate of drug-likeness (QED) is 0.665. The van der Waals surface area contributed by atoms with E-state index in [0.717, 1.165) is 18.9 Å². The van der Waals surface area contributed by atoms with Crippen LogP contribution in [0.4, 0.5) is 15.8 Å². The summed E-state index contributed by atoms with van der Waals surface area (Å²) >= 11 is 0. The molecule has 0 aliphatic carbocycles. The molecule has 1 atom stereocenters. The maximum atomic E-state index is 14.1. The van der Waals surface area contributed by atoms with Crippen molar-refractivity contribution >= 4 is 22.3 Å². The molecule has 0 bridgehead atoms. The number of benzene rings is 1. The fraction of sp³-hybridized carbons (Fsp3) is 0.357. The molecule has 1 N–H and O–H groups in total. The van der Waals surface area contributed by atoms with Crippen molar-refractivity contribution in [2.45, 2.75) is 32.7 Å². The predicted molar refractivity (Wildman–Crippen MR) is 76.3 cm³/mol. The minimum Gasteiger partial charge on any atom is -0.378 e. The highest BCUT2D eigenvalue weighted by Gasteiger charge is 2.20. The number of nitro groups is 1. The van der Waals surface area contributed by atoms with Crippen molar-refractivity contribution in [2.24, 2.45) is 0 Å². The molecule has 0 fully saturated rings. The fourth-order valence-corrected chi connectivity index (χ4v) is 2.23. The summed E-state index contributed by atoms with van der Waals surface area (Å²) in [5.74, 6) is -0.647. The molecule has 1 aromatic heterocycles. The maximum absolute atomic E-state index is 14.1. The number of nitrogens with one attached hydrogen (secondary N) is 1. The fourth-order valence-electron chi connectivity index (χ4n) is 2.23. The third kappa shape index (κ3) is 2.68. The molecule has 20 heavy (non-hydrogen) atoms. The van der Waals surface area contributed by atoms with Crippen LogP contribution in [0.3, 0.4) is 0 Å². The van der Waals surface area contributed by atoms with Crippen LogP contribution in [0, 0.1) is 15.9 Å². The van der Waals surface area contributed by atoms with Crippen LogP contribution in [0.1, 0.15) is 26.7 Å². The topological polar surface area (TPSA) is 68.1 Å². The predicted octanol–water partition coefficient (Wildman–Crippen LogP) is 3.88. The van der Waals surface area contributed by atoms with Crippen molar-refractivity contribution < 1.29 is 9.31 Å². The summed E-state index contributed by atoms with van der Waals surface area (Å²) in [6.45, 7) is 3.99. The van der Waals surface area contributed by atoms with Crippen LogP contribution in [-0.4, -0.2) is 15.9 Å². The molecular weight excluding hydrogens is 261 g/mol. The number of hydrogen-bond acceptors (Lipinski definition) is 4. The molecule has 0 aliphatic heterocycles. The van der Waals surface area contributed by atoms with Gasteiger partial charge in [-0.2, -0.15) is 0 Å². The number of nitrogens with zero attached hydrogens (tertiary/aromatic N) is 2. The maximum Gasteiger partial charge on any atom is 0.281 e. The molecule has 1 aromatic carbocycles. The number of hydrogen-bond donors (Lipinski definition) is 1. The van der Waals surface area contributed by atoms with E-state index in [9.17, 15) is 14.5 Å². The third-order valence-corrected chi connectivity index (χ3v) is 3.13. The van der Waals surface area contributed by atoms with E-state index in [1.54, 1.807) is 12.1 Å². The van der Waals surface area contributed by atoms with Gasteiger partial charge in [0.1, 0.15) is 5.52 Å². The Bertz CT molecular complexity index is 646. The van der Waals surface area contributed by atoms with E-state index in [0.29, 0.717) is 10.9 Å². The van der Waals surface area contributed by atoms with Gasteiger partial charge in [-0.05, 0) is 25.5 Å². The largest absolute Gasteiger partial charge is 0.378 e. The second kappa shape index (κ2) is 5.81. The number of non-ortho nitro benzene ring substituents is 1. The Morgan fingerprint density at radius 2 is 2.30 bits per heavy atom. The highest BCUT2D eigenvalue weighted by atomic mass is 19.1. The van der Waals surface area contributed by atoms with Crippen LogP contribution >= 0.6 is 0 Å². The average molecular weight is 277 g/mol. The molecule has 0 aliphatic rings. The molecule has 1 heterocycles. The smallest absolute Gasteiger partial charge is 0.281 e. The number of fused-ring (bicyclic) bond motifs is 1.